The Labute approximate surface area is 145 Å². The Bertz CT molecular complexity index is 938. The van der Waals surface area contributed by atoms with Crippen molar-refractivity contribution in [2.24, 2.45) is 0 Å². The summed E-state index contributed by atoms with van der Waals surface area (Å²) in [6.45, 7) is 3.21. The fourth-order valence-electron chi connectivity index (χ4n) is 3.26. The van der Waals surface area contributed by atoms with Gasteiger partial charge in [0, 0.05) is 19.5 Å². The summed E-state index contributed by atoms with van der Waals surface area (Å²) in [5.41, 5.74) is 1.32. The lowest BCUT2D eigenvalue weighted by atomic mass is 10.0. The Kier molecular flexibility index (Phi) is 4.29. The zero-order valence-corrected chi connectivity index (χ0v) is 13.9. The first kappa shape index (κ1) is 15.9. The first-order valence-corrected chi connectivity index (χ1v) is 8.49. The number of H-pyrrole nitrogens is 1. The normalized spacial score (nSPS) is 15.7. The number of aromatic hydroxyl groups is 1. The van der Waals surface area contributed by atoms with E-state index in [-0.39, 0.29) is 11.6 Å². The molecule has 6 heteroatoms. The lowest BCUT2D eigenvalue weighted by Crippen LogP contribution is -2.39. The minimum Gasteiger partial charge on any atom is -0.493 e. The SMILES string of the molecule is O=c1[nH]c(Cc2ccc3ccccc3c2)c(O)n1CN1CCOCC1. The quantitative estimate of drug-likeness (QED) is 0.762. The van der Waals surface area contributed by atoms with Crippen molar-refractivity contribution in [3.63, 3.8) is 0 Å². The third-order valence-electron chi connectivity index (χ3n) is 4.67. The van der Waals surface area contributed by atoms with E-state index in [0.717, 1.165) is 24.0 Å². The molecule has 1 saturated heterocycles. The molecule has 0 unspecified atom stereocenters. The van der Waals surface area contributed by atoms with E-state index in [1.165, 1.54) is 9.95 Å². The largest absolute Gasteiger partial charge is 0.493 e. The minimum absolute atomic E-state index is 0.0182. The van der Waals surface area contributed by atoms with Gasteiger partial charge in [-0.2, -0.15) is 0 Å². The lowest BCUT2D eigenvalue weighted by Gasteiger charge is -2.26. The molecule has 3 aromatic rings. The molecule has 2 N–H and O–H groups in total. The van der Waals surface area contributed by atoms with Crippen molar-refractivity contribution >= 4 is 10.8 Å². The summed E-state index contributed by atoms with van der Waals surface area (Å²) in [5, 5.41) is 12.8. The van der Waals surface area contributed by atoms with Crippen LogP contribution in [0.2, 0.25) is 0 Å². The molecule has 1 fully saturated rings. The molecule has 0 amide bonds. The summed E-state index contributed by atoms with van der Waals surface area (Å²) in [5.74, 6) is 0.0182. The van der Waals surface area contributed by atoms with E-state index in [9.17, 15) is 9.90 Å². The predicted octanol–water partition coefficient (Wildman–Crippen LogP) is 1.92. The van der Waals surface area contributed by atoms with Gasteiger partial charge < -0.3 is 14.8 Å². The van der Waals surface area contributed by atoms with Crippen molar-refractivity contribution < 1.29 is 9.84 Å². The van der Waals surface area contributed by atoms with Crippen LogP contribution in [0.25, 0.3) is 10.8 Å². The number of benzene rings is 2. The van der Waals surface area contributed by atoms with E-state index in [2.05, 4.69) is 34.1 Å². The Hall–Kier alpha value is -2.57. The third kappa shape index (κ3) is 3.31. The topological polar surface area (TPSA) is 70.5 Å². The van der Waals surface area contributed by atoms with Crippen molar-refractivity contribution in [3.8, 4) is 5.88 Å². The summed E-state index contributed by atoms with van der Waals surface area (Å²) < 4.78 is 6.71. The fourth-order valence-corrected chi connectivity index (χ4v) is 3.26. The molecule has 0 saturated carbocycles. The monoisotopic (exact) mass is 339 g/mol. The maximum Gasteiger partial charge on any atom is 0.329 e. The molecule has 4 rings (SSSR count). The number of aromatic amines is 1. The highest BCUT2D eigenvalue weighted by molar-refractivity contribution is 5.83. The average molecular weight is 339 g/mol. The molecule has 6 nitrogen and oxygen atoms in total. The van der Waals surface area contributed by atoms with Crippen LogP contribution in [0.5, 0.6) is 5.88 Å². The van der Waals surface area contributed by atoms with Gasteiger partial charge in [0.2, 0.25) is 5.88 Å². The van der Waals surface area contributed by atoms with Gasteiger partial charge in [-0.1, -0.05) is 42.5 Å². The molecule has 130 valence electrons. The van der Waals surface area contributed by atoms with Gasteiger partial charge >= 0.3 is 5.69 Å². The number of nitrogens with zero attached hydrogens (tertiary/aromatic N) is 2. The van der Waals surface area contributed by atoms with Crippen molar-refractivity contribution in [2.45, 2.75) is 13.1 Å². The van der Waals surface area contributed by atoms with Crippen molar-refractivity contribution in [1.82, 2.24) is 14.5 Å². The molecular weight excluding hydrogens is 318 g/mol. The van der Waals surface area contributed by atoms with E-state index in [1.54, 1.807) is 0 Å². The number of hydrogen-bond donors (Lipinski definition) is 2. The molecule has 1 aliphatic heterocycles. The predicted molar refractivity (Wildman–Crippen MR) is 95.9 cm³/mol. The Morgan fingerprint density at radius 1 is 1.08 bits per heavy atom. The standard InChI is InChI=1S/C19H21N3O3/c23-18-17(12-14-5-6-15-3-1-2-4-16(15)11-14)20-19(24)22(18)13-21-7-9-25-10-8-21/h1-6,11,23H,7-10,12-13H2,(H,20,24). The van der Waals surface area contributed by atoms with Crippen LogP contribution in [0, 0.1) is 0 Å². The molecule has 1 aromatic heterocycles. The molecule has 2 aromatic carbocycles. The molecule has 0 bridgehead atoms. The summed E-state index contributed by atoms with van der Waals surface area (Å²) in [7, 11) is 0. The lowest BCUT2D eigenvalue weighted by molar-refractivity contribution is 0.0217. The second kappa shape index (κ2) is 6.74. The van der Waals surface area contributed by atoms with Crippen molar-refractivity contribution in [2.75, 3.05) is 26.3 Å². The van der Waals surface area contributed by atoms with Crippen LogP contribution in [0.4, 0.5) is 0 Å². The van der Waals surface area contributed by atoms with E-state index >= 15 is 0 Å². The first-order chi connectivity index (χ1) is 12.2. The van der Waals surface area contributed by atoms with Gasteiger partial charge in [-0.15, -0.1) is 0 Å². The smallest absolute Gasteiger partial charge is 0.329 e. The van der Waals surface area contributed by atoms with Gasteiger partial charge in [0.25, 0.3) is 0 Å². The Balaban J connectivity index is 1.57. The zero-order valence-electron chi connectivity index (χ0n) is 13.9. The maximum atomic E-state index is 12.2. The number of aromatic nitrogens is 2. The van der Waals surface area contributed by atoms with Gasteiger partial charge in [0.05, 0.1) is 25.6 Å². The summed E-state index contributed by atoms with van der Waals surface area (Å²) in [6.07, 6.45) is 0.488. The van der Waals surface area contributed by atoms with Gasteiger partial charge in [-0.3, -0.25) is 4.90 Å². The van der Waals surface area contributed by atoms with E-state index < -0.39 is 0 Å². The number of rotatable bonds is 4. The van der Waals surface area contributed by atoms with Crippen LogP contribution in [0.3, 0.4) is 0 Å². The summed E-state index contributed by atoms with van der Waals surface area (Å²) in [4.78, 5) is 17.1. The highest BCUT2D eigenvalue weighted by Gasteiger charge is 2.17. The summed E-state index contributed by atoms with van der Waals surface area (Å²) in [6, 6.07) is 14.3. The molecule has 0 spiro atoms. The number of hydrogen-bond acceptors (Lipinski definition) is 4. The summed E-state index contributed by atoms with van der Waals surface area (Å²) >= 11 is 0. The van der Waals surface area contributed by atoms with Gasteiger partial charge in [-0.05, 0) is 16.3 Å². The highest BCUT2D eigenvalue weighted by atomic mass is 16.5. The molecule has 0 atom stereocenters. The molecule has 0 radical (unpaired) electrons. The molecule has 25 heavy (non-hydrogen) atoms. The van der Waals surface area contributed by atoms with Crippen LogP contribution in [0.1, 0.15) is 11.3 Å². The Morgan fingerprint density at radius 2 is 1.84 bits per heavy atom. The van der Waals surface area contributed by atoms with Crippen molar-refractivity contribution in [3.05, 3.63) is 64.2 Å². The highest BCUT2D eigenvalue weighted by Crippen LogP contribution is 2.21. The average Bonchev–Trinajstić information content (AvgIpc) is 2.90. The first-order valence-electron chi connectivity index (χ1n) is 8.49. The third-order valence-corrected chi connectivity index (χ3v) is 4.67. The van der Waals surface area contributed by atoms with E-state index in [4.69, 9.17) is 4.74 Å². The van der Waals surface area contributed by atoms with Gasteiger partial charge in [0.15, 0.2) is 0 Å². The van der Waals surface area contributed by atoms with E-state index in [1.807, 2.05) is 18.2 Å². The number of imidazole rings is 1. The second-order valence-corrected chi connectivity index (χ2v) is 6.39. The molecule has 1 aliphatic rings. The van der Waals surface area contributed by atoms with E-state index in [0.29, 0.717) is 32.0 Å². The fraction of sp³-hybridized carbons (Fsp3) is 0.316. The van der Waals surface area contributed by atoms with Gasteiger partial charge in [0.1, 0.15) is 0 Å². The van der Waals surface area contributed by atoms with Crippen LogP contribution < -0.4 is 5.69 Å². The number of morpholine rings is 1. The van der Waals surface area contributed by atoms with Crippen molar-refractivity contribution in [1.29, 1.82) is 0 Å². The van der Waals surface area contributed by atoms with Crippen LogP contribution >= 0.6 is 0 Å². The zero-order chi connectivity index (χ0) is 17.2. The minimum atomic E-state index is -0.278. The second-order valence-electron chi connectivity index (χ2n) is 6.39. The number of nitrogens with one attached hydrogen (secondary N) is 1. The van der Waals surface area contributed by atoms with Gasteiger partial charge in [-0.25, -0.2) is 9.36 Å². The van der Waals surface area contributed by atoms with Crippen LogP contribution in [0.15, 0.2) is 47.3 Å². The maximum absolute atomic E-state index is 12.2. The molecular formula is C19H21N3O3. The molecule has 2 heterocycles. The number of ether oxygens (including phenoxy) is 1. The molecule has 0 aliphatic carbocycles. The van der Waals surface area contributed by atoms with Crippen LogP contribution in [-0.4, -0.2) is 45.9 Å². The number of fused-ring (bicyclic) bond motifs is 1. The Morgan fingerprint density at radius 3 is 2.64 bits per heavy atom. The van der Waals surface area contributed by atoms with Crippen LogP contribution in [-0.2, 0) is 17.8 Å².